The van der Waals surface area contributed by atoms with Crippen molar-refractivity contribution in [2.75, 3.05) is 7.05 Å². The standard InChI is InChI=1S/C14H15NO5.2C2H6/c1-10(8-16)7-13(18)15(2)20-14(19)12-5-3-11(9-17)4-6-12;2*1-2/h3-6,8-10H,7H2,1-2H3;2*1-2H3. The van der Waals surface area contributed by atoms with Gasteiger partial charge < -0.3 is 9.63 Å². The molecule has 0 fully saturated rings. The normalized spacial score (nSPS) is 9.92. The lowest BCUT2D eigenvalue weighted by Gasteiger charge is -2.16. The molecule has 0 saturated carbocycles. The quantitative estimate of drug-likeness (QED) is 0.608. The summed E-state index contributed by atoms with van der Waals surface area (Å²) in [4.78, 5) is 49.2. The number of carbonyl (C=O) groups excluding carboxylic acids is 4. The molecule has 0 spiro atoms. The summed E-state index contributed by atoms with van der Waals surface area (Å²) in [5, 5.41) is 0.802. The Balaban J connectivity index is 0. The fraction of sp³-hybridized carbons (Fsp3) is 0.444. The summed E-state index contributed by atoms with van der Waals surface area (Å²) in [6.45, 7) is 9.60. The molecule has 6 heteroatoms. The van der Waals surface area contributed by atoms with Crippen LogP contribution in [-0.4, -0.2) is 36.6 Å². The summed E-state index contributed by atoms with van der Waals surface area (Å²) in [5.74, 6) is -1.62. The Morgan fingerprint density at radius 2 is 1.58 bits per heavy atom. The molecule has 1 aromatic rings. The molecule has 0 aliphatic heterocycles. The van der Waals surface area contributed by atoms with Gasteiger partial charge in [-0.25, -0.2) is 4.79 Å². The van der Waals surface area contributed by atoms with Crippen LogP contribution >= 0.6 is 0 Å². The van der Waals surface area contributed by atoms with Gasteiger partial charge in [-0.05, 0) is 12.1 Å². The highest BCUT2D eigenvalue weighted by Gasteiger charge is 2.17. The minimum Gasteiger partial charge on any atom is -0.333 e. The molecule has 6 nitrogen and oxygen atoms in total. The van der Waals surface area contributed by atoms with Crippen LogP contribution in [0.25, 0.3) is 0 Å². The molecule has 1 rings (SSSR count). The second-order valence-electron chi connectivity index (χ2n) is 4.33. The van der Waals surface area contributed by atoms with Gasteiger partial charge in [-0.2, -0.15) is 5.06 Å². The van der Waals surface area contributed by atoms with Gasteiger partial charge in [0.25, 0.3) is 5.91 Å². The van der Waals surface area contributed by atoms with E-state index in [4.69, 9.17) is 4.84 Å². The summed E-state index contributed by atoms with van der Waals surface area (Å²) in [6, 6.07) is 5.80. The van der Waals surface area contributed by atoms with E-state index < -0.39 is 17.8 Å². The minimum atomic E-state index is -0.711. The first kappa shape index (κ1) is 23.8. The van der Waals surface area contributed by atoms with Crippen LogP contribution in [-0.2, 0) is 14.4 Å². The van der Waals surface area contributed by atoms with Crippen molar-refractivity contribution < 1.29 is 24.0 Å². The molecule has 0 N–H and O–H groups in total. The van der Waals surface area contributed by atoms with Gasteiger partial charge in [0.15, 0.2) is 0 Å². The maximum atomic E-state index is 11.7. The number of aldehydes is 2. The number of hydrogen-bond acceptors (Lipinski definition) is 5. The van der Waals surface area contributed by atoms with Gasteiger partial charge in [-0.3, -0.25) is 9.59 Å². The van der Waals surface area contributed by atoms with Gasteiger partial charge in [-0.1, -0.05) is 46.8 Å². The number of hydrogen-bond donors (Lipinski definition) is 0. The zero-order chi connectivity index (χ0) is 19.1. The summed E-state index contributed by atoms with van der Waals surface area (Å²) in [7, 11) is 1.30. The monoisotopic (exact) mass is 337 g/mol. The lowest BCUT2D eigenvalue weighted by Crippen LogP contribution is -2.31. The molecule has 1 aromatic carbocycles. The van der Waals surface area contributed by atoms with Crippen LogP contribution in [0.5, 0.6) is 0 Å². The number of amides is 1. The predicted molar refractivity (Wildman–Crippen MR) is 92.6 cm³/mol. The van der Waals surface area contributed by atoms with Crippen LogP contribution in [0.15, 0.2) is 24.3 Å². The fourth-order valence-corrected chi connectivity index (χ4v) is 1.38. The maximum Gasteiger partial charge on any atom is 0.363 e. The van der Waals surface area contributed by atoms with Crippen LogP contribution < -0.4 is 0 Å². The average molecular weight is 337 g/mol. The lowest BCUT2D eigenvalue weighted by atomic mass is 10.1. The molecule has 0 bridgehead atoms. The van der Waals surface area contributed by atoms with E-state index in [0.29, 0.717) is 18.1 Å². The van der Waals surface area contributed by atoms with Crippen molar-refractivity contribution in [3.05, 3.63) is 35.4 Å². The van der Waals surface area contributed by atoms with E-state index in [1.54, 1.807) is 6.92 Å². The summed E-state index contributed by atoms with van der Waals surface area (Å²) in [5.41, 5.74) is 0.657. The molecule has 0 aliphatic carbocycles. The highest BCUT2D eigenvalue weighted by Crippen LogP contribution is 2.07. The van der Waals surface area contributed by atoms with Crippen LogP contribution in [0.4, 0.5) is 0 Å². The molecule has 0 aliphatic rings. The number of nitrogens with zero attached hydrogens (tertiary/aromatic N) is 1. The Kier molecular flexibility index (Phi) is 14.0. The first-order chi connectivity index (χ1) is 11.5. The van der Waals surface area contributed by atoms with E-state index in [2.05, 4.69) is 0 Å². The Morgan fingerprint density at radius 1 is 1.08 bits per heavy atom. The second-order valence-corrected chi connectivity index (χ2v) is 4.33. The summed E-state index contributed by atoms with van der Waals surface area (Å²) >= 11 is 0. The van der Waals surface area contributed by atoms with E-state index in [1.807, 2.05) is 27.7 Å². The van der Waals surface area contributed by atoms with Gasteiger partial charge in [0, 0.05) is 24.9 Å². The van der Waals surface area contributed by atoms with E-state index in [-0.39, 0.29) is 12.0 Å². The van der Waals surface area contributed by atoms with E-state index in [0.717, 1.165) is 5.06 Å². The number of benzene rings is 1. The van der Waals surface area contributed by atoms with Gasteiger partial charge in [0.1, 0.15) is 12.6 Å². The molecular formula is C18H27NO5. The third kappa shape index (κ3) is 8.82. The highest BCUT2D eigenvalue weighted by atomic mass is 16.7. The molecule has 0 aromatic heterocycles. The Morgan fingerprint density at radius 3 is 2.00 bits per heavy atom. The van der Waals surface area contributed by atoms with Crippen LogP contribution in [0.3, 0.4) is 0 Å². The molecule has 0 saturated heterocycles. The SMILES string of the molecule is CC.CC.CC(C=O)CC(=O)N(C)OC(=O)c1ccc(C=O)cc1. The molecule has 0 heterocycles. The van der Waals surface area contributed by atoms with Crippen molar-refractivity contribution in [3.8, 4) is 0 Å². The van der Waals surface area contributed by atoms with Crippen molar-refractivity contribution in [1.29, 1.82) is 0 Å². The topological polar surface area (TPSA) is 80.8 Å². The van der Waals surface area contributed by atoms with Crippen LogP contribution in [0.1, 0.15) is 61.8 Å². The average Bonchev–Trinajstić information content (AvgIpc) is 2.64. The van der Waals surface area contributed by atoms with Crippen LogP contribution in [0.2, 0.25) is 0 Å². The molecule has 1 unspecified atom stereocenters. The Hall–Kier alpha value is -2.50. The number of rotatable bonds is 5. The Bertz CT molecular complexity index is 511. The molecule has 134 valence electrons. The number of carbonyl (C=O) groups is 4. The molecule has 1 atom stereocenters. The largest absolute Gasteiger partial charge is 0.363 e. The minimum absolute atomic E-state index is 0.0304. The van der Waals surface area contributed by atoms with Gasteiger partial charge in [0.2, 0.25) is 0 Å². The van der Waals surface area contributed by atoms with Gasteiger partial charge in [-0.15, -0.1) is 0 Å². The van der Waals surface area contributed by atoms with Gasteiger partial charge >= 0.3 is 5.97 Å². The maximum absolute atomic E-state index is 11.7. The molecule has 24 heavy (non-hydrogen) atoms. The smallest absolute Gasteiger partial charge is 0.333 e. The molecule has 1 amide bonds. The number of hydroxylamine groups is 2. The zero-order valence-corrected chi connectivity index (χ0v) is 15.2. The predicted octanol–water partition coefficient (Wildman–Crippen LogP) is 3.31. The second kappa shape index (κ2) is 14.1. The summed E-state index contributed by atoms with van der Waals surface area (Å²) < 4.78 is 0. The van der Waals surface area contributed by atoms with Crippen molar-refractivity contribution in [3.63, 3.8) is 0 Å². The lowest BCUT2D eigenvalue weighted by molar-refractivity contribution is -0.162. The van der Waals surface area contributed by atoms with Crippen molar-refractivity contribution in [1.82, 2.24) is 5.06 Å². The van der Waals surface area contributed by atoms with E-state index in [9.17, 15) is 19.2 Å². The highest BCUT2D eigenvalue weighted by molar-refractivity contribution is 5.91. The summed E-state index contributed by atoms with van der Waals surface area (Å²) in [6.07, 6.45) is 1.29. The molecule has 0 radical (unpaired) electrons. The first-order valence-electron chi connectivity index (χ1n) is 7.97. The molecular weight excluding hydrogens is 310 g/mol. The third-order valence-corrected chi connectivity index (χ3v) is 2.58. The fourth-order valence-electron chi connectivity index (χ4n) is 1.38. The third-order valence-electron chi connectivity index (χ3n) is 2.58. The van der Waals surface area contributed by atoms with Crippen molar-refractivity contribution in [2.24, 2.45) is 5.92 Å². The van der Waals surface area contributed by atoms with Crippen molar-refractivity contribution >= 4 is 24.4 Å². The van der Waals surface area contributed by atoms with Gasteiger partial charge in [0.05, 0.1) is 5.56 Å². The Labute approximate surface area is 143 Å². The van der Waals surface area contributed by atoms with E-state index in [1.165, 1.54) is 31.3 Å². The van der Waals surface area contributed by atoms with Crippen LogP contribution in [0, 0.1) is 5.92 Å². The zero-order valence-electron chi connectivity index (χ0n) is 15.2. The first-order valence-corrected chi connectivity index (χ1v) is 7.97. The van der Waals surface area contributed by atoms with E-state index >= 15 is 0 Å². The van der Waals surface area contributed by atoms with Crippen molar-refractivity contribution in [2.45, 2.75) is 41.0 Å².